The number of amides is 1. The Morgan fingerprint density at radius 1 is 1.21 bits per heavy atom. The number of hydrogen-bond donors (Lipinski definition) is 3. The number of nitrogens with one attached hydrogen (secondary N) is 1. The Kier molecular flexibility index (Phi) is 3.33. The predicted octanol–water partition coefficient (Wildman–Crippen LogP) is 2.32. The maximum atomic E-state index is 10.9. The molecule has 0 saturated heterocycles. The molecule has 1 amide bonds. The van der Waals surface area contributed by atoms with Gasteiger partial charge in [-0.3, -0.25) is 10.1 Å². The maximum absolute atomic E-state index is 10.9. The second-order valence-corrected chi connectivity index (χ2v) is 3.87. The van der Waals surface area contributed by atoms with Crippen LogP contribution in [-0.4, -0.2) is 23.2 Å². The highest BCUT2D eigenvalue weighted by molar-refractivity contribution is 5.90. The highest BCUT2D eigenvalue weighted by Gasteiger charge is 2.21. The number of carbonyl (C=O) groups excluding carboxylic acids is 1. The fourth-order valence-corrected chi connectivity index (χ4v) is 1.60. The number of carbonyl (C=O) groups is 1. The number of anilines is 1. The fraction of sp³-hybridized carbons (Fsp3) is 0.154. The minimum absolute atomic E-state index is 0.0731. The molecule has 3 N–H and O–H groups in total. The molecule has 0 aliphatic heterocycles. The predicted molar refractivity (Wildman–Crippen MR) is 68.3 cm³/mol. The maximum Gasteiger partial charge on any atom is 0.246 e. The number of aromatic hydroxyl groups is 2. The van der Waals surface area contributed by atoms with Gasteiger partial charge in [0, 0.05) is 12.5 Å². The minimum atomic E-state index is -0.499. The van der Waals surface area contributed by atoms with E-state index < -0.39 is 17.4 Å². The van der Waals surface area contributed by atoms with Gasteiger partial charge >= 0.3 is 0 Å². The molecule has 19 heavy (non-hydrogen) atoms. The lowest BCUT2D eigenvalue weighted by Gasteiger charge is -2.01. The van der Waals surface area contributed by atoms with Crippen molar-refractivity contribution in [2.75, 3.05) is 12.4 Å². The normalized spacial score (nSPS) is 10.2. The molecule has 2 rings (SSSR count). The van der Waals surface area contributed by atoms with E-state index in [1.807, 2.05) is 0 Å². The average Bonchev–Trinajstić information content (AvgIpc) is 2.67. The van der Waals surface area contributed by atoms with Gasteiger partial charge in [-0.1, -0.05) is 0 Å². The first kappa shape index (κ1) is 12.8. The third-order valence-corrected chi connectivity index (χ3v) is 2.50. The van der Waals surface area contributed by atoms with Crippen LogP contribution in [-0.2, 0) is 4.79 Å². The lowest BCUT2D eigenvalue weighted by Crippen LogP contribution is -2.04. The Bertz CT molecular complexity index is 600. The van der Waals surface area contributed by atoms with Crippen LogP contribution in [0.3, 0.4) is 0 Å². The van der Waals surface area contributed by atoms with Crippen LogP contribution in [0.15, 0.2) is 28.7 Å². The summed E-state index contributed by atoms with van der Waals surface area (Å²) in [5.41, 5.74) is 0.546. The molecule has 0 fully saturated rings. The van der Waals surface area contributed by atoms with Crippen LogP contribution in [0.4, 0.5) is 5.88 Å². The topological polar surface area (TPSA) is 91.9 Å². The Hall–Kier alpha value is -2.63. The number of benzene rings is 1. The summed E-state index contributed by atoms with van der Waals surface area (Å²) in [6.45, 7) is 1.27. The van der Waals surface area contributed by atoms with Crippen LogP contribution in [0.1, 0.15) is 6.92 Å². The van der Waals surface area contributed by atoms with Crippen molar-refractivity contribution < 1.29 is 24.2 Å². The largest absolute Gasteiger partial charge is 0.502 e. The number of rotatable bonds is 3. The molecule has 0 aliphatic carbocycles. The molecule has 2 aromatic rings. The summed E-state index contributed by atoms with van der Waals surface area (Å²) in [5, 5.41) is 21.7. The van der Waals surface area contributed by atoms with Gasteiger partial charge in [0.1, 0.15) is 5.75 Å². The average molecular weight is 263 g/mol. The third-order valence-electron chi connectivity index (χ3n) is 2.50. The van der Waals surface area contributed by atoms with Crippen molar-refractivity contribution in [1.29, 1.82) is 0 Å². The van der Waals surface area contributed by atoms with Gasteiger partial charge in [-0.25, -0.2) is 0 Å². The SMILES string of the molecule is COc1ccc(-c2oc(NC(C)=O)c(O)c2O)cc1. The Morgan fingerprint density at radius 2 is 1.84 bits per heavy atom. The van der Waals surface area contributed by atoms with Crippen molar-refractivity contribution in [1.82, 2.24) is 0 Å². The lowest BCUT2D eigenvalue weighted by atomic mass is 10.1. The molecule has 0 saturated carbocycles. The van der Waals surface area contributed by atoms with E-state index in [1.54, 1.807) is 31.4 Å². The molecule has 0 aliphatic rings. The molecular weight excluding hydrogens is 250 g/mol. The zero-order chi connectivity index (χ0) is 14.0. The Labute approximate surface area is 109 Å². The van der Waals surface area contributed by atoms with Gasteiger partial charge < -0.3 is 19.4 Å². The van der Waals surface area contributed by atoms with Crippen molar-refractivity contribution in [3.63, 3.8) is 0 Å². The monoisotopic (exact) mass is 263 g/mol. The summed E-state index contributed by atoms with van der Waals surface area (Å²) < 4.78 is 10.3. The van der Waals surface area contributed by atoms with Crippen molar-refractivity contribution >= 4 is 11.8 Å². The van der Waals surface area contributed by atoms with Gasteiger partial charge in [-0.2, -0.15) is 0 Å². The zero-order valence-electron chi connectivity index (χ0n) is 10.4. The first-order valence-electron chi connectivity index (χ1n) is 5.49. The van der Waals surface area contributed by atoms with Gasteiger partial charge in [-0.05, 0) is 24.3 Å². The van der Waals surface area contributed by atoms with E-state index in [0.29, 0.717) is 11.3 Å². The number of ether oxygens (including phenoxy) is 1. The summed E-state index contributed by atoms with van der Waals surface area (Å²) in [5.74, 6) is -0.791. The van der Waals surface area contributed by atoms with E-state index in [-0.39, 0.29) is 11.6 Å². The van der Waals surface area contributed by atoms with Crippen LogP contribution >= 0.6 is 0 Å². The number of hydrogen-bond acceptors (Lipinski definition) is 5. The van der Waals surface area contributed by atoms with E-state index in [4.69, 9.17) is 9.15 Å². The van der Waals surface area contributed by atoms with E-state index in [9.17, 15) is 15.0 Å². The van der Waals surface area contributed by atoms with Crippen molar-refractivity contribution in [3.05, 3.63) is 24.3 Å². The second kappa shape index (κ2) is 4.93. The summed E-state index contributed by atoms with van der Waals surface area (Å²) in [4.78, 5) is 10.9. The summed E-state index contributed by atoms with van der Waals surface area (Å²) in [6.07, 6.45) is 0. The van der Waals surface area contributed by atoms with Crippen LogP contribution in [0.5, 0.6) is 17.2 Å². The van der Waals surface area contributed by atoms with Gasteiger partial charge in [0.2, 0.25) is 23.3 Å². The smallest absolute Gasteiger partial charge is 0.246 e. The molecule has 0 atom stereocenters. The lowest BCUT2D eigenvalue weighted by molar-refractivity contribution is -0.114. The van der Waals surface area contributed by atoms with Crippen molar-refractivity contribution in [3.8, 4) is 28.6 Å². The quantitative estimate of drug-likeness (QED) is 0.790. The highest BCUT2D eigenvalue weighted by Crippen LogP contribution is 2.45. The van der Waals surface area contributed by atoms with Crippen LogP contribution < -0.4 is 10.1 Å². The standard InChI is InChI=1S/C13H13NO5/c1-7(15)14-13-11(17)10(16)12(19-13)8-3-5-9(18-2)6-4-8/h3-6,16-17H,1-2H3,(H,14,15). The number of furan rings is 1. The third kappa shape index (κ3) is 2.47. The van der Waals surface area contributed by atoms with Crippen LogP contribution in [0.25, 0.3) is 11.3 Å². The summed E-state index contributed by atoms with van der Waals surface area (Å²) in [7, 11) is 1.54. The first-order valence-corrected chi connectivity index (χ1v) is 5.49. The molecule has 6 heteroatoms. The molecule has 100 valence electrons. The van der Waals surface area contributed by atoms with Gasteiger partial charge in [0.05, 0.1) is 7.11 Å². The Morgan fingerprint density at radius 3 is 2.37 bits per heavy atom. The zero-order valence-corrected chi connectivity index (χ0v) is 10.4. The molecule has 1 heterocycles. The summed E-state index contributed by atoms with van der Waals surface area (Å²) in [6, 6.07) is 6.70. The molecule has 1 aromatic carbocycles. The highest BCUT2D eigenvalue weighted by atomic mass is 16.5. The molecule has 6 nitrogen and oxygen atoms in total. The second-order valence-electron chi connectivity index (χ2n) is 3.87. The first-order chi connectivity index (χ1) is 9.02. The summed E-state index contributed by atoms with van der Waals surface area (Å²) >= 11 is 0. The van der Waals surface area contributed by atoms with Gasteiger partial charge in [-0.15, -0.1) is 0 Å². The molecule has 0 bridgehead atoms. The molecule has 1 aromatic heterocycles. The molecule has 0 unspecified atom stereocenters. The van der Waals surface area contributed by atoms with E-state index >= 15 is 0 Å². The minimum Gasteiger partial charge on any atom is -0.502 e. The van der Waals surface area contributed by atoms with Crippen molar-refractivity contribution in [2.45, 2.75) is 6.92 Å². The van der Waals surface area contributed by atoms with Crippen molar-refractivity contribution in [2.24, 2.45) is 0 Å². The van der Waals surface area contributed by atoms with E-state index in [2.05, 4.69) is 5.32 Å². The molecular formula is C13H13NO5. The Balaban J connectivity index is 2.41. The molecule has 0 radical (unpaired) electrons. The fourth-order valence-electron chi connectivity index (χ4n) is 1.60. The van der Waals surface area contributed by atoms with Crippen LogP contribution in [0.2, 0.25) is 0 Å². The van der Waals surface area contributed by atoms with E-state index in [1.165, 1.54) is 6.92 Å². The van der Waals surface area contributed by atoms with Gasteiger partial charge in [0.25, 0.3) is 0 Å². The van der Waals surface area contributed by atoms with Crippen LogP contribution in [0, 0.1) is 0 Å². The molecule has 0 spiro atoms. The van der Waals surface area contributed by atoms with E-state index in [0.717, 1.165) is 0 Å². The number of methoxy groups -OCH3 is 1. The van der Waals surface area contributed by atoms with Gasteiger partial charge in [0.15, 0.2) is 5.76 Å².